The summed E-state index contributed by atoms with van der Waals surface area (Å²) < 4.78 is 33.5. The Bertz CT molecular complexity index is 1150. The molecule has 0 spiro atoms. The molecule has 1 aromatic heterocycles. The van der Waals surface area contributed by atoms with E-state index < -0.39 is 17.6 Å². The van der Waals surface area contributed by atoms with E-state index in [2.05, 4.69) is 10.2 Å². The van der Waals surface area contributed by atoms with E-state index in [4.69, 9.17) is 10.5 Å². The van der Waals surface area contributed by atoms with E-state index in [1.807, 2.05) is 37.3 Å². The molecule has 1 aliphatic heterocycles. The molecule has 0 radical (unpaired) electrons. The van der Waals surface area contributed by atoms with Gasteiger partial charge >= 0.3 is 0 Å². The number of ether oxygens (including phenoxy) is 1. The molecule has 3 N–H and O–H groups in total. The number of halogens is 2. The van der Waals surface area contributed by atoms with Crippen molar-refractivity contribution in [1.82, 2.24) is 10.2 Å². The van der Waals surface area contributed by atoms with Crippen molar-refractivity contribution < 1.29 is 13.5 Å². The molecule has 2 heterocycles. The van der Waals surface area contributed by atoms with Crippen LogP contribution in [0.25, 0.3) is 0 Å². The van der Waals surface area contributed by atoms with E-state index >= 15 is 0 Å². The van der Waals surface area contributed by atoms with Crippen molar-refractivity contribution in [3.05, 3.63) is 87.9 Å². The van der Waals surface area contributed by atoms with Crippen LogP contribution in [0.3, 0.4) is 0 Å². The van der Waals surface area contributed by atoms with Crippen LogP contribution in [0, 0.1) is 29.9 Å². The number of H-pyrrole nitrogens is 1. The first-order chi connectivity index (χ1) is 14.0. The number of aryl methyl sites for hydroxylation is 1. The Morgan fingerprint density at radius 2 is 2.00 bits per heavy atom. The van der Waals surface area contributed by atoms with E-state index in [0.29, 0.717) is 17.0 Å². The molecule has 3 aromatic rings. The van der Waals surface area contributed by atoms with Crippen LogP contribution in [0.2, 0.25) is 0 Å². The zero-order valence-corrected chi connectivity index (χ0v) is 16.2. The number of nitrogens with two attached hydrogens (primary N) is 1. The second-order valence-electron chi connectivity index (χ2n) is 6.61. The zero-order valence-electron chi connectivity index (χ0n) is 15.4. The van der Waals surface area contributed by atoms with Gasteiger partial charge in [0.25, 0.3) is 0 Å². The fraction of sp³-hybridized carbons (Fsp3) is 0.143. The van der Waals surface area contributed by atoms with Gasteiger partial charge in [-0.3, -0.25) is 5.10 Å². The molecule has 0 saturated heterocycles. The summed E-state index contributed by atoms with van der Waals surface area (Å²) in [6.45, 7) is 2.01. The molecule has 5 nitrogen and oxygen atoms in total. The summed E-state index contributed by atoms with van der Waals surface area (Å²) in [4.78, 5) is 1.05. The molecule has 4 rings (SSSR count). The van der Waals surface area contributed by atoms with Gasteiger partial charge in [0, 0.05) is 22.3 Å². The molecule has 0 bridgehead atoms. The van der Waals surface area contributed by atoms with Gasteiger partial charge in [-0.2, -0.15) is 5.26 Å². The normalized spacial score (nSPS) is 15.6. The third kappa shape index (κ3) is 3.57. The Morgan fingerprint density at radius 3 is 2.69 bits per heavy atom. The average Bonchev–Trinajstić information content (AvgIpc) is 3.09. The maximum Gasteiger partial charge on any atom is 0.244 e. The summed E-state index contributed by atoms with van der Waals surface area (Å²) in [5, 5.41) is 16.7. The molecule has 8 heteroatoms. The lowest BCUT2D eigenvalue weighted by molar-refractivity contribution is 0.377. The van der Waals surface area contributed by atoms with Crippen LogP contribution in [0.1, 0.15) is 28.3 Å². The van der Waals surface area contributed by atoms with Gasteiger partial charge in [-0.15, -0.1) is 16.9 Å². The number of nitrogens with zero attached hydrogens (tertiary/aromatic N) is 2. The molecule has 146 valence electrons. The van der Waals surface area contributed by atoms with Gasteiger partial charge in [0.1, 0.15) is 23.3 Å². The standard InChI is InChI=1S/C21H16F2N4OS/c1-11-2-5-13(6-3-11)29-10-17-19-18(14-7-4-12(22)8-16(14)23)15(9-24)20(25)28-21(19)27-26-17/h2-8,18H,10,25H2,1H3,(H,26,27). The maximum absolute atomic E-state index is 14.6. The number of aromatic amines is 1. The van der Waals surface area contributed by atoms with Crippen LogP contribution in [-0.2, 0) is 5.75 Å². The molecule has 0 amide bonds. The number of hydrogen-bond acceptors (Lipinski definition) is 5. The Hall–Kier alpha value is -3.31. The number of rotatable bonds is 4. The second-order valence-corrected chi connectivity index (χ2v) is 7.66. The minimum absolute atomic E-state index is 0.0611. The molecule has 2 aromatic carbocycles. The summed E-state index contributed by atoms with van der Waals surface area (Å²) in [6, 6.07) is 13.3. The predicted octanol–water partition coefficient (Wildman–Crippen LogP) is 4.51. The van der Waals surface area contributed by atoms with Crippen LogP contribution >= 0.6 is 11.8 Å². The van der Waals surface area contributed by atoms with E-state index in [-0.39, 0.29) is 22.9 Å². The average molecular weight is 410 g/mol. The van der Waals surface area contributed by atoms with Gasteiger partial charge in [0.15, 0.2) is 0 Å². The number of nitriles is 1. The molecule has 1 atom stereocenters. The number of nitrogens with one attached hydrogen (secondary N) is 1. The molecule has 0 fully saturated rings. The van der Waals surface area contributed by atoms with Crippen LogP contribution in [0.4, 0.5) is 8.78 Å². The highest BCUT2D eigenvalue weighted by molar-refractivity contribution is 7.98. The first kappa shape index (κ1) is 19.0. The Balaban J connectivity index is 1.75. The topological polar surface area (TPSA) is 87.7 Å². The predicted molar refractivity (Wildman–Crippen MR) is 105 cm³/mol. The van der Waals surface area contributed by atoms with Crippen molar-refractivity contribution in [2.45, 2.75) is 23.5 Å². The van der Waals surface area contributed by atoms with Gasteiger partial charge in [0.2, 0.25) is 11.8 Å². The number of thioether (sulfide) groups is 1. The van der Waals surface area contributed by atoms with Crippen molar-refractivity contribution in [3.63, 3.8) is 0 Å². The SMILES string of the molecule is Cc1ccc(SCc2[nH]nc3c2C(c2ccc(F)cc2F)C(C#N)=C(N)O3)cc1. The van der Waals surface area contributed by atoms with Gasteiger partial charge in [-0.05, 0) is 25.1 Å². The maximum atomic E-state index is 14.6. The van der Waals surface area contributed by atoms with Crippen LogP contribution in [0.5, 0.6) is 5.88 Å². The van der Waals surface area contributed by atoms with Gasteiger partial charge in [0.05, 0.1) is 17.2 Å². The molecule has 29 heavy (non-hydrogen) atoms. The summed E-state index contributed by atoms with van der Waals surface area (Å²) >= 11 is 1.56. The Labute approximate surface area is 170 Å². The van der Waals surface area contributed by atoms with E-state index in [9.17, 15) is 14.0 Å². The quantitative estimate of drug-likeness (QED) is 0.618. The van der Waals surface area contributed by atoms with Crippen molar-refractivity contribution in [2.24, 2.45) is 5.73 Å². The molecule has 0 aliphatic carbocycles. The first-order valence-electron chi connectivity index (χ1n) is 8.77. The fourth-order valence-electron chi connectivity index (χ4n) is 3.26. The third-order valence-electron chi connectivity index (χ3n) is 4.70. The summed E-state index contributed by atoms with van der Waals surface area (Å²) in [5.74, 6) is -1.75. The lowest BCUT2D eigenvalue weighted by Gasteiger charge is -2.24. The number of hydrogen-bond donors (Lipinski definition) is 2. The van der Waals surface area contributed by atoms with Crippen molar-refractivity contribution in [1.29, 1.82) is 5.26 Å². The Kier molecular flexibility index (Phi) is 4.99. The molecular formula is C21H16F2N4OS. The Morgan fingerprint density at radius 1 is 1.24 bits per heavy atom. The highest BCUT2D eigenvalue weighted by Gasteiger charge is 2.36. The number of allylic oxidation sites excluding steroid dienone is 1. The lowest BCUT2D eigenvalue weighted by atomic mass is 9.84. The monoisotopic (exact) mass is 410 g/mol. The molecule has 0 saturated carbocycles. The van der Waals surface area contributed by atoms with Crippen molar-refractivity contribution >= 4 is 11.8 Å². The number of aromatic nitrogens is 2. The minimum atomic E-state index is -0.836. The van der Waals surface area contributed by atoms with E-state index in [1.54, 1.807) is 11.8 Å². The molecule has 1 aliphatic rings. The van der Waals surface area contributed by atoms with Crippen LogP contribution in [0.15, 0.2) is 58.8 Å². The van der Waals surface area contributed by atoms with Gasteiger partial charge < -0.3 is 10.5 Å². The minimum Gasteiger partial charge on any atom is -0.420 e. The van der Waals surface area contributed by atoms with Crippen molar-refractivity contribution in [3.8, 4) is 11.9 Å². The molecule has 1 unspecified atom stereocenters. The first-order valence-corrected chi connectivity index (χ1v) is 9.75. The van der Waals surface area contributed by atoms with Crippen molar-refractivity contribution in [2.75, 3.05) is 0 Å². The van der Waals surface area contributed by atoms with Gasteiger partial charge in [-0.1, -0.05) is 23.8 Å². The van der Waals surface area contributed by atoms with Crippen LogP contribution < -0.4 is 10.5 Å². The van der Waals surface area contributed by atoms with E-state index in [1.165, 1.54) is 6.07 Å². The van der Waals surface area contributed by atoms with Crippen LogP contribution in [-0.4, -0.2) is 10.2 Å². The molecular weight excluding hydrogens is 394 g/mol. The number of fused-ring (bicyclic) bond motifs is 1. The largest absolute Gasteiger partial charge is 0.420 e. The summed E-state index contributed by atoms with van der Waals surface area (Å²) in [6.07, 6.45) is 0. The summed E-state index contributed by atoms with van der Waals surface area (Å²) in [5.41, 5.74) is 8.45. The summed E-state index contributed by atoms with van der Waals surface area (Å²) in [7, 11) is 0. The van der Waals surface area contributed by atoms with E-state index in [0.717, 1.165) is 22.6 Å². The highest BCUT2D eigenvalue weighted by Crippen LogP contribution is 2.44. The lowest BCUT2D eigenvalue weighted by Crippen LogP contribution is -2.22. The third-order valence-corrected chi connectivity index (χ3v) is 5.73. The highest BCUT2D eigenvalue weighted by atomic mass is 32.2. The number of benzene rings is 2. The zero-order chi connectivity index (χ0) is 20.5. The second kappa shape index (κ2) is 7.60. The van der Waals surface area contributed by atoms with Gasteiger partial charge in [-0.25, -0.2) is 8.78 Å². The fourth-order valence-corrected chi connectivity index (χ4v) is 4.11. The smallest absolute Gasteiger partial charge is 0.244 e.